The van der Waals surface area contributed by atoms with Gasteiger partial charge in [0, 0.05) is 5.69 Å². The smallest absolute Gasteiger partial charge is 0.256 e. The van der Waals surface area contributed by atoms with Crippen LogP contribution in [-0.2, 0) is 9.84 Å². The molecule has 0 spiro atoms. The molecule has 0 aliphatic carbocycles. The van der Waals surface area contributed by atoms with E-state index in [2.05, 4.69) is 5.32 Å². The number of amides is 1. The van der Waals surface area contributed by atoms with Crippen molar-refractivity contribution in [3.05, 3.63) is 58.9 Å². The van der Waals surface area contributed by atoms with Crippen molar-refractivity contribution < 1.29 is 17.6 Å². The van der Waals surface area contributed by atoms with Gasteiger partial charge in [-0.15, -0.1) is 0 Å². The second-order valence-electron chi connectivity index (χ2n) is 5.17. The van der Waals surface area contributed by atoms with Crippen LogP contribution in [0, 0.1) is 5.82 Å². The number of hydrogen-bond acceptors (Lipinski definition) is 3. The van der Waals surface area contributed by atoms with Crippen LogP contribution in [0.1, 0.15) is 24.2 Å². The molecule has 1 amide bonds. The molecular weight excluding hydrogens is 341 g/mol. The lowest BCUT2D eigenvalue weighted by Gasteiger charge is -2.13. The van der Waals surface area contributed by atoms with E-state index < -0.39 is 26.8 Å². The maximum absolute atomic E-state index is 13.4. The number of anilines is 1. The van der Waals surface area contributed by atoms with E-state index in [0.717, 1.165) is 6.07 Å². The fourth-order valence-electron chi connectivity index (χ4n) is 1.93. The van der Waals surface area contributed by atoms with Crippen LogP contribution in [0.5, 0.6) is 0 Å². The van der Waals surface area contributed by atoms with Crippen LogP contribution < -0.4 is 5.32 Å². The van der Waals surface area contributed by atoms with Gasteiger partial charge in [-0.25, -0.2) is 12.8 Å². The molecule has 0 heterocycles. The molecule has 0 atom stereocenters. The van der Waals surface area contributed by atoms with Crippen molar-refractivity contribution in [3.63, 3.8) is 0 Å². The summed E-state index contributed by atoms with van der Waals surface area (Å²) < 4.78 is 38.1. The lowest BCUT2D eigenvalue weighted by molar-refractivity contribution is 0.102. The number of sulfone groups is 1. The zero-order chi connectivity index (χ0) is 17.2. The highest BCUT2D eigenvalue weighted by Gasteiger charge is 2.25. The molecule has 0 bridgehead atoms. The molecule has 2 aromatic rings. The molecular formula is C16H15ClFNO3S. The third-order valence-electron chi connectivity index (χ3n) is 3.24. The Morgan fingerprint density at radius 2 is 1.83 bits per heavy atom. The van der Waals surface area contributed by atoms with Gasteiger partial charge in [-0.1, -0.05) is 23.7 Å². The van der Waals surface area contributed by atoms with Crippen LogP contribution in [0.2, 0.25) is 5.02 Å². The summed E-state index contributed by atoms with van der Waals surface area (Å²) in [5.74, 6) is -1.31. The van der Waals surface area contributed by atoms with Crippen LogP contribution in [0.4, 0.5) is 10.1 Å². The van der Waals surface area contributed by atoms with Crippen LogP contribution >= 0.6 is 11.6 Å². The average molecular weight is 356 g/mol. The first-order valence-electron chi connectivity index (χ1n) is 6.83. The van der Waals surface area contributed by atoms with Crippen LogP contribution in [0.15, 0.2) is 47.4 Å². The first-order valence-corrected chi connectivity index (χ1v) is 8.75. The van der Waals surface area contributed by atoms with Gasteiger partial charge in [0.2, 0.25) is 0 Å². The Balaban J connectivity index is 2.39. The van der Waals surface area contributed by atoms with Crippen molar-refractivity contribution in [1.82, 2.24) is 0 Å². The van der Waals surface area contributed by atoms with Gasteiger partial charge in [-0.2, -0.15) is 0 Å². The molecule has 4 nitrogen and oxygen atoms in total. The van der Waals surface area contributed by atoms with Gasteiger partial charge >= 0.3 is 0 Å². The third-order valence-corrected chi connectivity index (χ3v) is 5.75. The monoisotopic (exact) mass is 355 g/mol. The number of halogens is 2. The Bertz CT molecular complexity index is 850. The Morgan fingerprint density at radius 3 is 2.43 bits per heavy atom. The molecule has 0 unspecified atom stereocenters. The van der Waals surface area contributed by atoms with E-state index in [4.69, 9.17) is 11.6 Å². The molecule has 0 radical (unpaired) electrons. The van der Waals surface area contributed by atoms with Crippen LogP contribution in [0.3, 0.4) is 0 Å². The summed E-state index contributed by atoms with van der Waals surface area (Å²) in [6.07, 6.45) is 0. The summed E-state index contributed by atoms with van der Waals surface area (Å²) in [5.41, 5.74) is 0.199. The standard InChI is InChI=1S/C16H15ClFNO3S/c1-10(2)23(21,22)15-6-4-3-5-12(15)16(20)19-11-7-8-13(17)14(18)9-11/h3-10H,1-2H3,(H,19,20). The molecule has 0 fully saturated rings. The van der Waals surface area contributed by atoms with Gasteiger partial charge in [0.05, 0.1) is 20.7 Å². The summed E-state index contributed by atoms with van der Waals surface area (Å²) in [6.45, 7) is 3.08. The zero-order valence-corrected chi connectivity index (χ0v) is 14.1. The highest BCUT2D eigenvalue weighted by molar-refractivity contribution is 7.92. The number of nitrogens with one attached hydrogen (secondary N) is 1. The van der Waals surface area contributed by atoms with Crippen molar-refractivity contribution in [2.75, 3.05) is 5.32 Å². The number of carbonyl (C=O) groups excluding carboxylic acids is 1. The minimum Gasteiger partial charge on any atom is -0.322 e. The molecule has 7 heteroatoms. The second-order valence-corrected chi connectivity index (χ2v) is 8.05. The van der Waals surface area contributed by atoms with Gasteiger partial charge in [0.1, 0.15) is 5.82 Å². The van der Waals surface area contributed by atoms with Gasteiger partial charge in [0.25, 0.3) is 5.91 Å². The van der Waals surface area contributed by atoms with Crippen molar-refractivity contribution in [2.45, 2.75) is 24.0 Å². The van der Waals surface area contributed by atoms with E-state index in [0.29, 0.717) is 0 Å². The minimum absolute atomic E-state index is 0.0107. The number of carbonyl (C=O) groups is 1. The van der Waals surface area contributed by atoms with E-state index in [-0.39, 0.29) is 21.2 Å². The molecule has 0 aromatic heterocycles. The minimum atomic E-state index is -3.62. The number of benzene rings is 2. The van der Waals surface area contributed by atoms with Crippen LogP contribution in [0.25, 0.3) is 0 Å². The fourth-order valence-corrected chi connectivity index (χ4v) is 3.29. The predicted molar refractivity (Wildman–Crippen MR) is 88.1 cm³/mol. The fraction of sp³-hybridized carbons (Fsp3) is 0.188. The summed E-state index contributed by atoms with van der Waals surface area (Å²) in [6, 6.07) is 9.72. The number of rotatable bonds is 4. The van der Waals surface area contributed by atoms with Crippen LogP contribution in [-0.4, -0.2) is 19.6 Å². The second kappa shape index (κ2) is 6.68. The Hall–Kier alpha value is -1.92. The maximum atomic E-state index is 13.4. The largest absolute Gasteiger partial charge is 0.322 e. The molecule has 122 valence electrons. The lowest BCUT2D eigenvalue weighted by Crippen LogP contribution is -2.20. The molecule has 2 rings (SSSR count). The molecule has 0 saturated heterocycles. The van der Waals surface area contributed by atoms with E-state index in [1.165, 1.54) is 24.3 Å². The van der Waals surface area contributed by atoms with E-state index in [1.807, 2.05) is 0 Å². The van der Waals surface area contributed by atoms with Gasteiger partial charge in [-0.05, 0) is 44.2 Å². The summed E-state index contributed by atoms with van der Waals surface area (Å²) in [5, 5.41) is 1.75. The first kappa shape index (κ1) is 17.4. The summed E-state index contributed by atoms with van der Waals surface area (Å²) in [7, 11) is -3.62. The number of hydrogen-bond donors (Lipinski definition) is 1. The molecule has 1 N–H and O–H groups in total. The molecule has 0 aliphatic heterocycles. The Morgan fingerprint density at radius 1 is 1.17 bits per heavy atom. The quantitative estimate of drug-likeness (QED) is 0.904. The predicted octanol–water partition coefficient (Wildman–Crippen LogP) is 3.91. The van der Waals surface area contributed by atoms with Crippen molar-refractivity contribution in [2.24, 2.45) is 0 Å². The molecule has 2 aromatic carbocycles. The average Bonchev–Trinajstić information content (AvgIpc) is 2.50. The topological polar surface area (TPSA) is 63.2 Å². The summed E-state index contributed by atoms with van der Waals surface area (Å²) in [4.78, 5) is 12.3. The Labute approximate surface area is 139 Å². The zero-order valence-electron chi connectivity index (χ0n) is 12.5. The lowest BCUT2D eigenvalue weighted by atomic mass is 10.2. The highest BCUT2D eigenvalue weighted by atomic mass is 35.5. The highest BCUT2D eigenvalue weighted by Crippen LogP contribution is 2.23. The summed E-state index contributed by atoms with van der Waals surface area (Å²) >= 11 is 5.59. The first-order chi connectivity index (χ1) is 10.7. The normalized spacial score (nSPS) is 11.5. The van der Waals surface area contributed by atoms with Gasteiger partial charge < -0.3 is 5.32 Å². The van der Waals surface area contributed by atoms with E-state index in [9.17, 15) is 17.6 Å². The SMILES string of the molecule is CC(C)S(=O)(=O)c1ccccc1C(=O)Nc1ccc(Cl)c(F)c1. The molecule has 0 saturated carbocycles. The molecule has 23 heavy (non-hydrogen) atoms. The van der Waals surface area contributed by atoms with Gasteiger partial charge in [0.15, 0.2) is 9.84 Å². The van der Waals surface area contributed by atoms with Crippen molar-refractivity contribution >= 4 is 33.0 Å². The Kier molecular flexibility index (Phi) is 5.06. The third kappa shape index (κ3) is 3.71. The molecule has 0 aliphatic rings. The van der Waals surface area contributed by atoms with Gasteiger partial charge in [-0.3, -0.25) is 4.79 Å². The van der Waals surface area contributed by atoms with E-state index >= 15 is 0 Å². The van der Waals surface area contributed by atoms with Crippen molar-refractivity contribution in [3.8, 4) is 0 Å². The maximum Gasteiger partial charge on any atom is 0.256 e. The van der Waals surface area contributed by atoms with Crippen molar-refractivity contribution in [1.29, 1.82) is 0 Å². The van der Waals surface area contributed by atoms with E-state index in [1.54, 1.807) is 26.0 Å².